The van der Waals surface area contributed by atoms with Crippen LogP contribution in [-0.4, -0.2) is 88.6 Å². The summed E-state index contributed by atoms with van der Waals surface area (Å²) in [4.78, 5) is 0. The minimum absolute atomic E-state index is 0.0292. The van der Waals surface area contributed by atoms with Crippen LogP contribution in [0, 0.1) is 0 Å². The third-order valence-corrected chi connectivity index (χ3v) is 4.06. The molecule has 0 saturated carbocycles. The molecule has 8 N–H and O–H groups in total. The summed E-state index contributed by atoms with van der Waals surface area (Å²) in [5.74, 6) is 0. The van der Waals surface area contributed by atoms with Crippen molar-refractivity contribution in [2.24, 2.45) is 11.5 Å². The van der Waals surface area contributed by atoms with Gasteiger partial charge in [-0.2, -0.15) is 0 Å². The highest BCUT2D eigenvalue weighted by Crippen LogP contribution is 2.23. The zero-order valence-electron chi connectivity index (χ0n) is 11.8. The molecule has 0 aromatic carbocycles. The molecule has 0 aromatic heterocycles. The number of aliphatic hydroxyl groups is 4. The fraction of sp³-hybridized carbons (Fsp3) is 1.00. The van der Waals surface area contributed by atoms with Gasteiger partial charge in [0, 0.05) is 0 Å². The van der Waals surface area contributed by atoms with Crippen LogP contribution in [0.25, 0.3) is 0 Å². The highest BCUT2D eigenvalue weighted by molar-refractivity contribution is 4.93. The first-order valence-corrected chi connectivity index (χ1v) is 6.95. The maximum atomic E-state index is 9.88. The zero-order valence-corrected chi connectivity index (χ0v) is 11.8. The lowest BCUT2D eigenvalue weighted by Crippen LogP contribution is -2.62. The van der Waals surface area contributed by atoms with Crippen molar-refractivity contribution in [2.45, 2.75) is 61.9 Å². The van der Waals surface area contributed by atoms with E-state index in [0.29, 0.717) is 0 Å². The number of nitrogens with two attached hydrogens (primary N) is 2. The van der Waals surface area contributed by atoms with E-state index in [1.807, 2.05) is 0 Å². The molecule has 2 fully saturated rings. The highest BCUT2D eigenvalue weighted by Gasteiger charge is 2.44. The summed E-state index contributed by atoms with van der Waals surface area (Å²) >= 11 is 0. The first-order valence-electron chi connectivity index (χ1n) is 6.95. The fourth-order valence-corrected chi connectivity index (χ4v) is 2.55. The fourth-order valence-electron chi connectivity index (χ4n) is 2.55. The van der Waals surface area contributed by atoms with E-state index in [1.54, 1.807) is 6.92 Å². The molecule has 2 heterocycles. The Labute approximate surface area is 122 Å². The van der Waals surface area contributed by atoms with Crippen LogP contribution in [0.3, 0.4) is 0 Å². The van der Waals surface area contributed by atoms with Crippen LogP contribution in [0.2, 0.25) is 0 Å². The van der Waals surface area contributed by atoms with E-state index in [4.69, 9.17) is 30.8 Å². The number of rotatable bonds is 4. The maximum Gasteiger partial charge on any atom is 0.175 e. The second-order valence-electron chi connectivity index (χ2n) is 5.56. The normalized spacial score (nSPS) is 51.3. The van der Waals surface area contributed by atoms with Crippen LogP contribution >= 0.6 is 0 Å². The summed E-state index contributed by atoms with van der Waals surface area (Å²) in [5, 5.41) is 38.4. The SMILES string of the molecule is C[C@H]1O[C@H](COC2O[C@H](CO)[C@@H](O)[C@H](O)[C@H]2N)[C@H](O)[C@H]1N. The van der Waals surface area contributed by atoms with Gasteiger partial charge < -0.3 is 46.1 Å². The van der Waals surface area contributed by atoms with Gasteiger partial charge in [0.15, 0.2) is 6.29 Å². The lowest BCUT2D eigenvalue weighted by molar-refractivity contribution is -0.272. The Balaban J connectivity index is 1.90. The molecule has 1 unspecified atom stereocenters. The van der Waals surface area contributed by atoms with Crippen LogP contribution in [-0.2, 0) is 14.2 Å². The summed E-state index contributed by atoms with van der Waals surface area (Å²) < 4.78 is 16.2. The van der Waals surface area contributed by atoms with Crippen molar-refractivity contribution < 1.29 is 34.6 Å². The quantitative estimate of drug-likeness (QED) is 0.306. The molecule has 124 valence electrons. The average molecular weight is 308 g/mol. The van der Waals surface area contributed by atoms with Gasteiger partial charge in [-0.1, -0.05) is 0 Å². The topological polar surface area (TPSA) is 161 Å². The van der Waals surface area contributed by atoms with Crippen molar-refractivity contribution in [3.63, 3.8) is 0 Å². The highest BCUT2D eigenvalue weighted by atomic mass is 16.7. The first-order chi connectivity index (χ1) is 9.86. The van der Waals surface area contributed by atoms with Gasteiger partial charge in [0.05, 0.1) is 37.5 Å². The van der Waals surface area contributed by atoms with Gasteiger partial charge in [0.25, 0.3) is 0 Å². The molecule has 9 heteroatoms. The first kappa shape index (κ1) is 17.0. The van der Waals surface area contributed by atoms with E-state index in [2.05, 4.69) is 0 Å². The van der Waals surface area contributed by atoms with Crippen molar-refractivity contribution in [1.82, 2.24) is 0 Å². The molecule has 0 bridgehead atoms. The Morgan fingerprint density at radius 3 is 2.14 bits per heavy atom. The molecule has 9 nitrogen and oxygen atoms in total. The van der Waals surface area contributed by atoms with Gasteiger partial charge in [0.1, 0.15) is 24.4 Å². The molecule has 0 spiro atoms. The van der Waals surface area contributed by atoms with E-state index in [-0.39, 0.29) is 12.7 Å². The Morgan fingerprint density at radius 1 is 0.952 bits per heavy atom. The average Bonchev–Trinajstić information content (AvgIpc) is 2.71. The molecule has 21 heavy (non-hydrogen) atoms. The van der Waals surface area contributed by atoms with Crippen LogP contribution < -0.4 is 11.5 Å². The van der Waals surface area contributed by atoms with E-state index in [1.165, 1.54) is 0 Å². The number of ether oxygens (including phenoxy) is 3. The standard InChI is InChI=1S/C12H24N2O7/c1-4-7(13)9(16)6(20-4)3-19-12-8(14)11(18)10(17)5(2-15)21-12/h4-12,15-18H,2-3,13-14H2,1H3/t4-,5-,6-,7+,8-,9+,10-,11-,12?/m1/s1. The van der Waals surface area contributed by atoms with Crippen molar-refractivity contribution in [1.29, 1.82) is 0 Å². The van der Waals surface area contributed by atoms with Gasteiger partial charge in [-0.25, -0.2) is 0 Å². The number of aliphatic hydroxyl groups excluding tert-OH is 4. The molecular formula is C12H24N2O7. The number of hydrogen-bond acceptors (Lipinski definition) is 9. The smallest absolute Gasteiger partial charge is 0.175 e. The Morgan fingerprint density at radius 2 is 1.62 bits per heavy atom. The molecule has 0 aromatic rings. The number of hydrogen-bond donors (Lipinski definition) is 6. The van der Waals surface area contributed by atoms with Crippen molar-refractivity contribution in [2.75, 3.05) is 13.2 Å². The summed E-state index contributed by atoms with van der Waals surface area (Å²) in [6.45, 7) is 1.24. The van der Waals surface area contributed by atoms with E-state index >= 15 is 0 Å². The third kappa shape index (κ3) is 3.36. The molecule has 2 aliphatic heterocycles. The Hall–Kier alpha value is -0.360. The van der Waals surface area contributed by atoms with Crippen molar-refractivity contribution >= 4 is 0 Å². The van der Waals surface area contributed by atoms with Gasteiger partial charge in [-0.3, -0.25) is 0 Å². The Kier molecular flexibility index (Phi) is 5.52. The largest absolute Gasteiger partial charge is 0.394 e. The van der Waals surface area contributed by atoms with Crippen LogP contribution in [0.4, 0.5) is 0 Å². The minimum Gasteiger partial charge on any atom is -0.394 e. The van der Waals surface area contributed by atoms with Crippen LogP contribution in [0.15, 0.2) is 0 Å². The summed E-state index contributed by atoms with van der Waals surface area (Å²) in [5.41, 5.74) is 11.5. The molecule has 0 aliphatic carbocycles. The molecule has 2 rings (SSSR count). The van der Waals surface area contributed by atoms with Gasteiger partial charge >= 0.3 is 0 Å². The van der Waals surface area contributed by atoms with Gasteiger partial charge in [0.2, 0.25) is 0 Å². The molecule has 0 amide bonds. The van der Waals surface area contributed by atoms with Crippen molar-refractivity contribution in [3.05, 3.63) is 0 Å². The third-order valence-electron chi connectivity index (χ3n) is 4.06. The van der Waals surface area contributed by atoms with Gasteiger partial charge in [-0.05, 0) is 6.92 Å². The maximum absolute atomic E-state index is 9.88. The molecule has 2 saturated heterocycles. The van der Waals surface area contributed by atoms with E-state index in [9.17, 15) is 15.3 Å². The predicted octanol–water partition coefficient (Wildman–Crippen LogP) is -3.76. The Bertz CT molecular complexity index is 346. The van der Waals surface area contributed by atoms with E-state index in [0.717, 1.165) is 0 Å². The summed E-state index contributed by atoms with van der Waals surface area (Å²) in [6.07, 6.45) is -6.37. The minimum atomic E-state index is -1.29. The monoisotopic (exact) mass is 308 g/mol. The lowest BCUT2D eigenvalue weighted by Gasteiger charge is -2.40. The molecule has 0 radical (unpaired) electrons. The van der Waals surface area contributed by atoms with Crippen molar-refractivity contribution in [3.8, 4) is 0 Å². The van der Waals surface area contributed by atoms with Gasteiger partial charge in [-0.15, -0.1) is 0 Å². The lowest BCUT2D eigenvalue weighted by atomic mass is 9.98. The molecule has 2 aliphatic rings. The summed E-state index contributed by atoms with van der Waals surface area (Å²) in [6, 6.07) is -1.48. The second-order valence-corrected chi connectivity index (χ2v) is 5.56. The van der Waals surface area contributed by atoms with E-state index < -0.39 is 55.5 Å². The molecule has 9 atom stereocenters. The second kappa shape index (κ2) is 6.82. The van der Waals surface area contributed by atoms with Crippen LogP contribution in [0.5, 0.6) is 0 Å². The predicted molar refractivity (Wildman–Crippen MR) is 70.0 cm³/mol. The molecular weight excluding hydrogens is 284 g/mol. The zero-order chi connectivity index (χ0) is 15.7. The summed E-state index contributed by atoms with van der Waals surface area (Å²) in [7, 11) is 0. The van der Waals surface area contributed by atoms with Crippen LogP contribution in [0.1, 0.15) is 6.92 Å².